The van der Waals surface area contributed by atoms with Crippen LogP contribution in [0.2, 0.25) is 0 Å². The molecule has 2 aromatic rings. The number of nitrogens with zero attached hydrogens (tertiary/aromatic N) is 3. The van der Waals surface area contributed by atoms with E-state index in [1.807, 2.05) is 25.2 Å². The quantitative estimate of drug-likeness (QED) is 0.487. The van der Waals surface area contributed by atoms with E-state index in [-0.39, 0.29) is 0 Å². The Labute approximate surface area is 185 Å². The minimum absolute atomic E-state index is 0.357. The molecule has 1 fully saturated rings. The third kappa shape index (κ3) is 6.84. The van der Waals surface area contributed by atoms with E-state index in [1.165, 1.54) is 22.6 Å². The lowest BCUT2D eigenvalue weighted by atomic mass is 9.97. The van der Waals surface area contributed by atoms with E-state index in [0.717, 1.165) is 62.4 Å². The van der Waals surface area contributed by atoms with Crippen molar-refractivity contribution in [1.82, 2.24) is 20.5 Å². The first-order valence-corrected chi connectivity index (χ1v) is 12.0. The monoisotopic (exact) mass is 431 g/mol. The first-order chi connectivity index (χ1) is 14.4. The van der Waals surface area contributed by atoms with Gasteiger partial charge in [-0.2, -0.15) is 0 Å². The molecule has 0 aliphatic carbocycles. The average molecular weight is 432 g/mol. The van der Waals surface area contributed by atoms with Crippen molar-refractivity contribution in [2.45, 2.75) is 66.5 Å². The highest BCUT2D eigenvalue weighted by Gasteiger charge is 2.21. The molecule has 0 saturated carbocycles. The molecule has 166 valence electrons. The molecule has 0 bridgehead atoms. The molecule has 2 N–H and O–H groups in total. The summed E-state index contributed by atoms with van der Waals surface area (Å²) in [4.78, 5) is 14.7. The number of aliphatic imine (C=N–C) groups is 1. The van der Waals surface area contributed by atoms with E-state index in [4.69, 9.17) is 9.41 Å². The number of guanidine groups is 1. The SMILES string of the molecule is CCNC(=NCC1CCN(Cc2nc(C)c(C)o2)CC1)NC(C)Cc1ccc(C)s1. The Morgan fingerprint density at radius 2 is 2.07 bits per heavy atom. The van der Waals surface area contributed by atoms with Crippen LogP contribution in [0.3, 0.4) is 0 Å². The number of likely N-dealkylation sites (tertiary alicyclic amines) is 1. The van der Waals surface area contributed by atoms with E-state index >= 15 is 0 Å². The Balaban J connectivity index is 1.44. The summed E-state index contributed by atoms with van der Waals surface area (Å²) in [5.74, 6) is 3.35. The standard InChI is InChI=1S/C23H37N5OS/c1-6-24-23(26-16(2)13-21-8-7-17(3)30-21)25-14-20-9-11-28(12-10-20)15-22-27-18(4)19(5)29-22/h7-8,16,20H,6,9-15H2,1-5H3,(H2,24,25,26). The van der Waals surface area contributed by atoms with Gasteiger partial charge in [-0.1, -0.05) is 0 Å². The van der Waals surface area contributed by atoms with Crippen molar-refractivity contribution in [1.29, 1.82) is 0 Å². The smallest absolute Gasteiger partial charge is 0.208 e. The van der Waals surface area contributed by atoms with Crippen LogP contribution in [-0.4, -0.2) is 48.1 Å². The second-order valence-electron chi connectivity index (χ2n) is 8.45. The number of hydrogen-bond donors (Lipinski definition) is 2. The van der Waals surface area contributed by atoms with Crippen LogP contribution in [0, 0.1) is 26.7 Å². The molecule has 1 aliphatic rings. The Hall–Kier alpha value is -1.86. The van der Waals surface area contributed by atoms with E-state index in [2.05, 4.69) is 53.4 Å². The number of oxazole rings is 1. The van der Waals surface area contributed by atoms with Gasteiger partial charge in [-0.3, -0.25) is 9.89 Å². The Bertz CT molecular complexity index is 800. The van der Waals surface area contributed by atoms with Crippen LogP contribution in [0.4, 0.5) is 0 Å². The maximum absolute atomic E-state index is 5.74. The second kappa shape index (κ2) is 11.0. The number of nitrogens with one attached hydrogen (secondary N) is 2. The van der Waals surface area contributed by atoms with Crippen LogP contribution >= 0.6 is 11.3 Å². The summed E-state index contributed by atoms with van der Waals surface area (Å²) in [5.41, 5.74) is 1.00. The van der Waals surface area contributed by atoms with E-state index in [9.17, 15) is 0 Å². The van der Waals surface area contributed by atoms with Gasteiger partial charge < -0.3 is 15.1 Å². The van der Waals surface area contributed by atoms with Gasteiger partial charge >= 0.3 is 0 Å². The van der Waals surface area contributed by atoms with E-state index in [0.29, 0.717) is 12.0 Å². The first-order valence-electron chi connectivity index (χ1n) is 11.2. The molecule has 3 heterocycles. The Morgan fingerprint density at radius 1 is 1.30 bits per heavy atom. The molecule has 6 nitrogen and oxygen atoms in total. The van der Waals surface area contributed by atoms with Crippen molar-refractivity contribution in [3.8, 4) is 0 Å². The van der Waals surface area contributed by atoms with Crippen molar-refractivity contribution in [2.24, 2.45) is 10.9 Å². The minimum atomic E-state index is 0.357. The summed E-state index contributed by atoms with van der Waals surface area (Å²) in [6.45, 7) is 15.2. The molecule has 1 atom stereocenters. The molecule has 30 heavy (non-hydrogen) atoms. The number of aromatic nitrogens is 1. The molecule has 7 heteroatoms. The molecule has 1 aliphatic heterocycles. The van der Waals surface area contributed by atoms with E-state index in [1.54, 1.807) is 0 Å². The summed E-state index contributed by atoms with van der Waals surface area (Å²) in [6.07, 6.45) is 3.37. The van der Waals surface area contributed by atoms with Gasteiger partial charge in [-0.25, -0.2) is 4.98 Å². The zero-order chi connectivity index (χ0) is 21.5. The van der Waals surface area contributed by atoms with Crippen LogP contribution < -0.4 is 10.6 Å². The molecule has 0 radical (unpaired) electrons. The summed E-state index contributed by atoms with van der Waals surface area (Å²) in [5, 5.41) is 6.98. The average Bonchev–Trinajstić information content (AvgIpc) is 3.25. The number of rotatable bonds is 8. The van der Waals surface area contributed by atoms with Crippen molar-refractivity contribution >= 4 is 17.3 Å². The highest BCUT2D eigenvalue weighted by molar-refractivity contribution is 7.11. The molecular weight excluding hydrogens is 394 g/mol. The topological polar surface area (TPSA) is 65.7 Å². The first kappa shape index (κ1) is 22.8. The van der Waals surface area contributed by atoms with Crippen LogP contribution in [0.1, 0.15) is 53.8 Å². The number of piperidine rings is 1. The summed E-state index contributed by atoms with van der Waals surface area (Å²) >= 11 is 1.88. The molecule has 2 aromatic heterocycles. The molecule has 1 saturated heterocycles. The van der Waals surface area contributed by atoms with Crippen LogP contribution in [0.5, 0.6) is 0 Å². The highest BCUT2D eigenvalue weighted by Crippen LogP contribution is 2.20. The Morgan fingerprint density at radius 3 is 2.67 bits per heavy atom. The number of thiophene rings is 1. The molecule has 1 unspecified atom stereocenters. The normalized spacial score (nSPS) is 17.3. The number of hydrogen-bond acceptors (Lipinski definition) is 5. The fourth-order valence-electron chi connectivity index (χ4n) is 3.85. The van der Waals surface area contributed by atoms with E-state index < -0.39 is 0 Å². The van der Waals surface area contributed by atoms with Gasteiger partial charge in [0.1, 0.15) is 5.76 Å². The number of aryl methyl sites for hydroxylation is 3. The third-order valence-electron chi connectivity index (χ3n) is 5.68. The van der Waals surface area contributed by atoms with Crippen molar-refractivity contribution in [2.75, 3.05) is 26.2 Å². The van der Waals surface area contributed by atoms with Crippen molar-refractivity contribution in [3.05, 3.63) is 39.2 Å². The summed E-state index contributed by atoms with van der Waals surface area (Å²) < 4.78 is 5.74. The molecule has 0 amide bonds. The molecule has 0 spiro atoms. The lowest BCUT2D eigenvalue weighted by Crippen LogP contribution is -2.43. The zero-order valence-corrected chi connectivity index (χ0v) is 19.9. The minimum Gasteiger partial charge on any atom is -0.444 e. The van der Waals surface area contributed by atoms with Gasteiger partial charge in [-0.15, -0.1) is 11.3 Å². The third-order valence-corrected chi connectivity index (χ3v) is 6.70. The molecule has 3 rings (SSSR count). The lowest BCUT2D eigenvalue weighted by Gasteiger charge is -2.30. The molecule has 0 aromatic carbocycles. The predicted molar refractivity (Wildman–Crippen MR) is 125 cm³/mol. The highest BCUT2D eigenvalue weighted by atomic mass is 32.1. The van der Waals surface area contributed by atoms with Crippen molar-refractivity contribution < 1.29 is 4.42 Å². The summed E-state index contributed by atoms with van der Waals surface area (Å²) in [7, 11) is 0. The fourth-order valence-corrected chi connectivity index (χ4v) is 4.87. The maximum Gasteiger partial charge on any atom is 0.208 e. The predicted octanol–water partition coefficient (Wildman–Crippen LogP) is 4.06. The lowest BCUT2D eigenvalue weighted by molar-refractivity contribution is 0.166. The zero-order valence-electron chi connectivity index (χ0n) is 19.1. The molecular formula is C23H37N5OS. The van der Waals surface area contributed by atoms with Gasteiger partial charge in [0.05, 0.1) is 12.2 Å². The van der Waals surface area contributed by atoms with Crippen LogP contribution in [-0.2, 0) is 13.0 Å². The van der Waals surface area contributed by atoms with Crippen LogP contribution in [0.15, 0.2) is 21.5 Å². The second-order valence-corrected chi connectivity index (χ2v) is 9.82. The summed E-state index contributed by atoms with van der Waals surface area (Å²) in [6, 6.07) is 4.79. The van der Waals surface area contributed by atoms with Gasteiger partial charge in [0.25, 0.3) is 0 Å². The van der Waals surface area contributed by atoms with Gasteiger partial charge in [0.15, 0.2) is 5.96 Å². The fraction of sp³-hybridized carbons (Fsp3) is 0.652. The van der Waals surface area contributed by atoms with Gasteiger partial charge in [-0.05, 0) is 78.6 Å². The van der Waals surface area contributed by atoms with Crippen LogP contribution in [0.25, 0.3) is 0 Å². The van der Waals surface area contributed by atoms with Gasteiger partial charge in [0.2, 0.25) is 5.89 Å². The Kier molecular flexibility index (Phi) is 8.33. The van der Waals surface area contributed by atoms with Crippen molar-refractivity contribution in [3.63, 3.8) is 0 Å². The largest absolute Gasteiger partial charge is 0.444 e. The maximum atomic E-state index is 5.74. The van der Waals surface area contributed by atoms with Gasteiger partial charge in [0, 0.05) is 35.3 Å².